The molecule has 1 aromatic rings. The van der Waals surface area contributed by atoms with Crippen molar-refractivity contribution < 1.29 is 19.7 Å². The fraction of sp³-hybridized carbons (Fsp3) is 0.462. The predicted octanol–water partition coefficient (Wildman–Crippen LogP) is 2.37. The maximum atomic E-state index is 10.9. The first-order valence-electron chi connectivity index (χ1n) is 5.76. The molecule has 1 aromatic carbocycles. The number of carbonyl (C=O) groups is 1. The molecule has 0 amide bonds. The van der Waals surface area contributed by atoms with Crippen LogP contribution in [0.4, 0.5) is 0 Å². The van der Waals surface area contributed by atoms with Crippen LogP contribution in [0.25, 0.3) is 0 Å². The first kappa shape index (κ1) is 13.5. The number of hydrogen-bond donors (Lipinski definition) is 2. The molecular formula is C13H18O4. The molecule has 0 aromatic heterocycles. The Kier molecular flexibility index (Phi) is 4.97. The van der Waals surface area contributed by atoms with Crippen LogP contribution in [0.2, 0.25) is 0 Å². The van der Waals surface area contributed by atoms with Gasteiger partial charge in [-0.1, -0.05) is 32.0 Å². The van der Waals surface area contributed by atoms with Gasteiger partial charge in [-0.2, -0.15) is 0 Å². The molecule has 0 saturated heterocycles. The first-order chi connectivity index (χ1) is 8.10. The van der Waals surface area contributed by atoms with Crippen molar-refractivity contribution in [3.63, 3.8) is 0 Å². The van der Waals surface area contributed by atoms with E-state index in [9.17, 15) is 9.90 Å². The number of aliphatic hydroxyl groups excluding tert-OH is 1. The van der Waals surface area contributed by atoms with Gasteiger partial charge in [-0.15, -0.1) is 0 Å². The van der Waals surface area contributed by atoms with Gasteiger partial charge in [0.2, 0.25) is 0 Å². The van der Waals surface area contributed by atoms with Crippen LogP contribution in [-0.2, 0) is 4.79 Å². The molecule has 0 spiro atoms. The highest BCUT2D eigenvalue weighted by Gasteiger charge is 2.19. The summed E-state index contributed by atoms with van der Waals surface area (Å²) in [6.07, 6.45) is -0.562. The maximum absolute atomic E-state index is 10.9. The smallest absolute Gasteiger partial charge is 0.344 e. The zero-order chi connectivity index (χ0) is 12.8. The Morgan fingerprint density at radius 1 is 1.29 bits per heavy atom. The lowest BCUT2D eigenvalue weighted by atomic mass is 10.1. The van der Waals surface area contributed by atoms with Gasteiger partial charge in [0, 0.05) is 5.56 Å². The Morgan fingerprint density at radius 2 is 1.94 bits per heavy atom. The van der Waals surface area contributed by atoms with Crippen LogP contribution in [-0.4, -0.2) is 22.3 Å². The SMILES string of the molecule is CCC(Oc1ccccc1[C@@H](O)CC)C(=O)O. The molecule has 0 aliphatic rings. The topological polar surface area (TPSA) is 66.8 Å². The van der Waals surface area contributed by atoms with E-state index in [1.807, 2.05) is 6.92 Å². The summed E-state index contributed by atoms with van der Waals surface area (Å²) in [6, 6.07) is 6.98. The molecule has 0 bridgehead atoms. The zero-order valence-electron chi connectivity index (χ0n) is 10.1. The van der Waals surface area contributed by atoms with Gasteiger partial charge in [-0.05, 0) is 18.9 Å². The normalized spacial score (nSPS) is 14.1. The minimum atomic E-state index is -0.992. The minimum Gasteiger partial charge on any atom is -0.479 e. The predicted molar refractivity (Wildman–Crippen MR) is 64.0 cm³/mol. The van der Waals surface area contributed by atoms with E-state index in [-0.39, 0.29) is 0 Å². The number of aliphatic carboxylic acids is 1. The number of benzene rings is 1. The Hall–Kier alpha value is -1.55. The molecule has 0 radical (unpaired) electrons. The molecule has 1 unspecified atom stereocenters. The average Bonchev–Trinajstić information content (AvgIpc) is 2.35. The van der Waals surface area contributed by atoms with Gasteiger partial charge in [-0.25, -0.2) is 4.79 Å². The number of carboxylic acid groups (broad SMARTS) is 1. The lowest BCUT2D eigenvalue weighted by Gasteiger charge is -2.18. The van der Waals surface area contributed by atoms with Crippen LogP contribution in [0.5, 0.6) is 5.75 Å². The first-order valence-corrected chi connectivity index (χ1v) is 5.76. The van der Waals surface area contributed by atoms with Gasteiger partial charge < -0.3 is 14.9 Å². The monoisotopic (exact) mass is 238 g/mol. The van der Waals surface area contributed by atoms with Crippen LogP contribution in [0.3, 0.4) is 0 Å². The third-order valence-electron chi connectivity index (χ3n) is 2.58. The highest BCUT2D eigenvalue weighted by Crippen LogP contribution is 2.28. The number of para-hydroxylation sites is 1. The number of carboxylic acids is 1. The molecule has 0 aliphatic carbocycles. The third kappa shape index (κ3) is 3.46. The van der Waals surface area contributed by atoms with Gasteiger partial charge in [0.15, 0.2) is 6.10 Å². The molecule has 4 nitrogen and oxygen atoms in total. The van der Waals surface area contributed by atoms with E-state index < -0.39 is 18.2 Å². The maximum Gasteiger partial charge on any atom is 0.344 e. The molecule has 1 rings (SSSR count). The van der Waals surface area contributed by atoms with Crippen LogP contribution in [0.15, 0.2) is 24.3 Å². The average molecular weight is 238 g/mol. The molecule has 0 heterocycles. The van der Waals surface area contributed by atoms with Crippen LogP contribution < -0.4 is 4.74 Å². The molecule has 94 valence electrons. The van der Waals surface area contributed by atoms with Gasteiger partial charge in [0.25, 0.3) is 0 Å². The number of ether oxygens (including phenoxy) is 1. The van der Waals surface area contributed by atoms with E-state index in [2.05, 4.69) is 0 Å². The third-order valence-corrected chi connectivity index (χ3v) is 2.58. The fourth-order valence-electron chi connectivity index (χ4n) is 1.54. The Labute approximate surface area is 101 Å². The second-order valence-corrected chi connectivity index (χ2v) is 3.81. The molecular weight excluding hydrogens is 220 g/mol. The van der Waals surface area contributed by atoms with Crippen molar-refractivity contribution in [2.24, 2.45) is 0 Å². The van der Waals surface area contributed by atoms with E-state index in [1.165, 1.54) is 0 Å². The summed E-state index contributed by atoms with van der Waals surface area (Å²) < 4.78 is 5.42. The molecule has 0 saturated carbocycles. The van der Waals surface area contributed by atoms with Gasteiger partial charge >= 0.3 is 5.97 Å². The van der Waals surface area contributed by atoms with Crippen LogP contribution in [0, 0.1) is 0 Å². The van der Waals surface area contributed by atoms with Crippen LogP contribution in [0.1, 0.15) is 38.4 Å². The Bertz CT molecular complexity index is 375. The Morgan fingerprint density at radius 3 is 2.47 bits per heavy atom. The summed E-state index contributed by atoms with van der Waals surface area (Å²) in [5.74, 6) is -0.551. The van der Waals surface area contributed by atoms with Crippen LogP contribution >= 0.6 is 0 Å². The van der Waals surface area contributed by atoms with Crippen molar-refractivity contribution >= 4 is 5.97 Å². The second-order valence-electron chi connectivity index (χ2n) is 3.81. The summed E-state index contributed by atoms with van der Waals surface area (Å²) in [4.78, 5) is 10.9. The van der Waals surface area contributed by atoms with Crippen molar-refractivity contribution in [2.45, 2.75) is 38.9 Å². The van der Waals surface area contributed by atoms with E-state index in [0.29, 0.717) is 24.2 Å². The summed E-state index contributed by atoms with van der Waals surface area (Å²) in [5, 5.41) is 18.7. The van der Waals surface area contributed by atoms with Crippen molar-refractivity contribution in [3.8, 4) is 5.75 Å². The molecule has 2 atom stereocenters. The quantitative estimate of drug-likeness (QED) is 0.798. The van der Waals surface area contributed by atoms with E-state index in [0.717, 1.165) is 0 Å². The van der Waals surface area contributed by atoms with Gasteiger partial charge in [0.05, 0.1) is 6.10 Å². The number of aliphatic hydroxyl groups is 1. The lowest BCUT2D eigenvalue weighted by Crippen LogP contribution is -2.26. The van der Waals surface area contributed by atoms with Gasteiger partial charge in [-0.3, -0.25) is 0 Å². The van der Waals surface area contributed by atoms with Crippen molar-refractivity contribution in [2.75, 3.05) is 0 Å². The zero-order valence-corrected chi connectivity index (χ0v) is 10.1. The second kappa shape index (κ2) is 6.25. The standard InChI is InChI=1S/C13H18O4/c1-3-10(14)9-7-5-6-8-12(9)17-11(4-2)13(15)16/h5-8,10-11,14H,3-4H2,1-2H3,(H,15,16)/t10-,11?/m0/s1. The fourth-order valence-corrected chi connectivity index (χ4v) is 1.54. The summed E-state index contributed by atoms with van der Waals surface area (Å²) in [6.45, 7) is 3.60. The van der Waals surface area contributed by atoms with E-state index in [1.54, 1.807) is 31.2 Å². The summed E-state index contributed by atoms with van der Waals surface area (Å²) in [5.41, 5.74) is 0.634. The highest BCUT2D eigenvalue weighted by atomic mass is 16.5. The minimum absolute atomic E-state index is 0.381. The van der Waals surface area contributed by atoms with Crippen molar-refractivity contribution in [1.29, 1.82) is 0 Å². The summed E-state index contributed by atoms with van der Waals surface area (Å²) in [7, 11) is 0. The highest BCUT2D eigenvalue weighted by molar-refractivity contribution is 5.72. The van der Waals surface area contributed by atoms with Gasteiger partial charge in [0.1, 0.15) is 5.75 Å². The Balaban J connectivity index is 2.93. The molecule has 4 heteroatoms. The van der Waals surface area contributed by atoms with E-state index >= 15 is 0 Å². The molecule has 2 N–H and O–H groups in total. The number of hydrogen-bond acceptors (Lipinski definition) is 3. The van der Waals surface area contributed by atoms with Crippen molar-refractivity contribution in [1.82, 2.24) is 0 Å². The largest absolute Gasteiger partial charge is 0.479 e. The van der Waals surface area contributed by atoms with Crippen molar-refractivity contribution in [3.05, 3.63) is 29.8 Å². The number of rotatable bonds is 6. The molecule has 17 heavy (non-hydrogen) atoms. The van der Waals surface area contributed by atoms with E-state index in [4.69, 9.17) is 9.84 Å². The molecule has 0 aliphatic heterocycles. The lowest BCUT2D eigenvalue weighted by molar-refractivity contribution is -0.145. The summed E-state index contributed by atoms with van der Waals surface area (Å²) >= 11 is 0. The molecule has 0 fully saturated rings.